The Morgan fingerprint density at radius 2 is 2.00 bits per heavy atom. The summed E-state index contributed by atoms with van der Waals surface area (Å²) in [4.78, 5) is 0.161. The van der Waals surface area contributed by atoms with E-state index in [0.29, 0.717) is 16.8 Å². The number of benzene rings is 2. The lowest BCUT2D eigenvalue weighted by Crippen LogP contribution is -2.12. The molecule has 1 heterocycles. The van der Waals surface area contributed by atoms with Crippen molar-refractivity contribution in [1.82, 2.24) is 5.16 Å². The maximum Gasteiger partial charge on any atom is 0.264 e. The Morgan fingerprint density at radius 1 is 1.19 bits per heavy atom. The number of nitrogens with one attached hydrogen (secondary N) is 1. The summed E-state index contributed by atoms with van der Waals surface area (Å²) in [6.45, 7) is 1.71. The van der Waals surface area contributed by atoms with Gasteiger partial charge in [-0.1, -0.05) is 23.4 Å². The zero-order valence-corrected chi connectivity index (χ0v) is 12.0. The lowest BCUT2D eigenvalue weighted by atomic mass is 10.1. The molecule has 0 saturated carbocycles. The van der Waals surface area contributed by atoms with Crippen molar-refractivity contribution in [2.24, 2.45) is 0 Å². The predicted octanol–water partition coefficient (Wildman–Crippen LogP) is 2.52. The van der Waals surface area contributed by atoms with E-state index in [4.69, 9.17) is 10.3 Å². The van der Waals surface area contributed by atoms with Gasteiger partial charge >= 0.3 is 0 Å². The number of aryl methyl sites for hydroxylation is 1. The molecule has 0 bridgehead atoms. The molecule has 3 aromatic rings. The van der Waals surface area contributed by atoms with Gasteiger partial charge in [0, 0.05) is 17.1 Å². The summed E-state index contributed by atoms with van der Waals surface area (Å²) in [5, 5.41) is 5.00. The molecule has 3 N–H and O–H groups in total. The van der Waals surface area contributed by atoms with E-state index in [1.165, 1.54) is 12.1 Å². The summed E-state index contributed by atoms with van der Waals surface area (Å²) in [6.07, 6.45) is 0. The van der Waals surface area contributed by atoms with Crippen LogP contribution in [0.3, 0.4) is 0 Å². The number of aromatic nitrogens is 1. The molecule has 3 rings (SSSR count). The Balaban J connectivity index is 2.10. The number of hydrogen-bond donors (Lipinski definition) is 2. The Hall–Kier alpha value is -2.54. The van der Waals surface area contributed by atoms with Crippen LogP contribution < -0.4 is 10.5 Å². The molecule has 0 fully saturated rings. The molecule has 0 amide bonds. The highest BCUT2D eigenvalue weighted by Crippen LogP contribution is 2.26. The van der Waals surface area contributed by atoms with Crippen LogP contribution in [-0.2, 0) is 10.0 Å². The molecule has 0 spiro atoms. The first-order chi connectivity index (χ1) is 9.95. The van der Waals surface area contributed by atoms with Gasteiger partial charge in [0.05, 0.1) is 10.6 Å². The van der Waals surface area contributed by atoms with Crippen molar-refractivity contribution in [2.45, 2.75) is 11.8 Å². The van der Waals surface area contributed by atoms with Crippen LogP contribution in [0.1, 0.15) is 5.69 Å². The number of nitrogens with two attached hydrogens (primary N) is 1. The summed E-state index contributed by atoms with van der Waals surface area (Å²) in [6, 6.07) is 11.6. The molecule has 108 valence electrons. The van der Waals surface area contributed by atoms with E-state index in [-0.39, 0.29) is 10.8 Å². The molecule has 2 aromatic carbocycles. The minimum Gasteiger partial charge on any atom is -0.399 e. The molecule has 0 saturated heterocycles. The van der Waals surface area contributed by atoms with E-state index in [1.54, 1.807) is 31.2 Å². The van der Waals surface area contributed by atoms with Gasteiger partial charge in [0.25, 0.3) is 10.0 Å². The van der Waals surface area contributed by atoms with Crippen LogP contribution in [0.5, 0.6) is 0 Å². The SMILES string of the molecule is Cc1cc(NS(=O)(=O)c2cccc3cc(N)ccc23)on1. The van der Waals surface area contributed by atoms with Crippen molar-refractivity contribution < 1.29 is 12.9 Å². The van der Waals surface area contributed by atoms with Gasteiger partial charge in [-0.2, -0.15) is 0 Å². The van der Waals surface area contributed by atoms with Gasteiger partial charge in [0.2, 0.25) is 5.88 Å². The number of nitrogens with zero attached hydrogens (tertiary/aromatic N) is 1. The van der Waals surface area contributed by atoms with Gasteiger partial charge in [-0.3, -0.25) is 0 Å². The Bertz CT molecular complexity index is 916. The minimum absolute atomic E-state index is 0.0833. The van der Waals surface area contributed by atoms with Gasteiger partial charge in [-0.25, -0.2) is 13.1 Å². The Morgan fingerprint density at radius 3 is 2.71 bits per heavy atom. The average molecular weight is 303 g/mol. The van der Waals surface area contributed by atoms with Crippen molar-refractivity contribution in [3.63, 3.8) is 0 Å². The summed E-state index contributed by atoms with van der Waals surface area (Å²) >= 11 is 0. The van der Waals surface area contributed by atoms with Crippen LogP contribution in [0.25, 0.3) is 10.8 Å². The molecule has 1 aromatic heterocycles. The fourth-order valence-electron chi connectivity index (χ4n) is 2.11. The van der Waals surface area contributed by atoms with Crippen LogP contribution in [0.2, 0.25) is 0 Å². The normalized spacial score (nSPS) is 11.7. The molecular weight excluding hydrogens is 290 g/mol. The molecular formula is C14H13N3O3S. The van der Waals surface area contributed by atoms with E-state index in [9.17, 15) is 8.42 Å². The molecule has 21 heavy (non-hydrogen) atoms. The number of hydrogen-bond acceptors (Lipinski definition) is 5. The number of anilines is 2. The lowest BCUT2D eigenvalue weighted by Gasteiger charge is -2.08. The third-order valence-electron chi connectivity index (χ3n) is 3.02. The van der Waals surface area contributed by atoms with Crippen LogP contribution in [0.4, 0.5) is 11.6 Å². The summed E-state index contributed by atoms with van der Waals surface area (Å²) in [5.41, 5.74) is 6.90. The van der Waals surface area contributed by atoms with Crippen molar-refractivity contribution in [3.05, 3.63) is 48.2 Å². The van der Waals surface area contributed by atoms with Crippen LogP contribution in [-0.4, -0.2) is 13.6 Å². The molecule has 0 radical (unpaired) electrons. The number of nitrogen functional groups attached to an aromatic ring is 1. The number of rotatable bonds is 3. The van der Waals surface area contributed by atoms with Crippen molar-refractivity contribution >= 4 is 32.4 Å². The molecule has 7 heteroatoms. The zero-order valence-electron chi connectivity index (χ0n) is 11.2. The molecule has 0 unspecified atom stereocenters. The van der Waals surface area contributed by atoms with Crippen LogP contribution >= 0.6 is 0 Å². The van der Waals surface area contributed by atoms with Gasteiger partial charge in [0.15, 0.2) is 0 Å². The highest BCUT2D eigenvalue weighted by Gasteiger charge is 2.19. The first kappa shape index (κ1) is 13.4. The predicted molar refractivity (Wildman–Crippen MR) is 80.4 cm³/mol. The second-order valence-corrected chi connectivity index (χ2v) is 6.33. The second kappa shape index (κ2) is 4.78. The largest absolute Gasteiger partial charge is 0.399 e. The smallest absolute Gasteiger partial charge is 0.264 e. The lowest BCUT2D eigenvalue weighted by molar-refractivity contribution is 0.430. The highest BCUT2D eigenvalue weighted by molar-refractivity contribution is 7.93. The molecule has 0 aliphatic rings. The van der Waals surface area contributed by atoms with Crippen LogP contribution in [0.15, 0.2) is 51.9 Å². The van der Waals surface area contributed by atoms with Crippen molar-refractivity contribution in [1.29, 1.82) is 0 Å². The molecule has 6 nitrogen and oxygen atoms in total. The van der Waals surface area contributed by atoms with Crippen molar-refractivity contribution in [3.8, 4) is 0 Å². The van der Waals surface area contributed by atoms with E-state index in [0.717, 1.165) is 5.39 Å². The minimum atomic E-state index is -3.76. The molecule has 0 aliphatic carbocycles. The molecule has 0 atom stereocenters. The van der Waals surface area contributed by atoms with E-state index in [2.05, 4.69) is 9.88 Å². The zero-order chi connectivity index (χ0) is 15.0. The monoisotopic (exact) mass is 303 g/mol. The maximum absolute atomic E-state index is 12.5. The highest BCUT2D eigenvalue weighted by atomic mass is 32.2. The third-order valence-corrected chi connectivity index (χ3v) is 4.42. The first-order valence-electron chi connectivity index (χ1n) is 6.20. The number of fused-ring (bicyclic) bond motifs is 1. The second-order valence-electron chi connectivity index (χ2n) is 4.67. The summed E-state index contributed by atoms with van der Waals surface area (Å²) in [7, 11) is -3.76. The Kier molecular flexibility index (Phi) is 3.06. The third kappa shape index (κ3) is 2.55. The summed E-state index contributed by atoms with van der Waals surface area (Å²) < 4.78 is 32.2. The fourth-order valence-corrected chi connectivity index (χ4v) is 3.31. The quantitative estimate of drug-likeness (QED) is 0.724. The first-order valence-corrected chi connectivity index (χ1v) is 7.68. The standard InChI is InChI=1S/C14H13N3O3S/c1-9-7-14(20-16-9)17-21(18,19)13-4-2-3-10-8-11(15)5-6-12(10)13/h2-8,17H,15H2,1H3. The average Bonchev–Trinajstić information content (AvgIpc) is 2.82. The maximum atomic E-state index is 12.5. The van der Waals surface area contributed by atoms with E-state index < -0.39 is 10.0 Å². The van der Waals surface area contributed by atoms with E-state index >= 15 is 0 Å². The van der Waals surface area contributed by atoms with Gasteiger partial charge in [-0.15, -0.1) is 0 Å². The van der Waals surface area contributed by atoms with Gasteiger partial charge in [0.1, 0.15) is 0 Å². The number of sulfonamides is 1. The molecule has 0 aliphatic heterocycles. The van der Waals surface area contributed by atoms with Gasteiger partial charge < -0.3 is 10.3 Å². The van der Waals surface area contributed by atoms with Gasteiger partial charge in [-0.05, 0) is 30.5 Å². The Labute approximate surface area is 121 Å². The summed E-state index contributed by atoms with van der Waals surface area (Å²) in [5.74, 6) is 0.0833. The van der Waals surface area contributed by atoms with Crippen molar-refractivity contribution in [2.75, 3.05) is 10.5 Å². The van der Waals surface area contributed by atoms with E-state index in [1.807, 2.05) is 6.07 Å². The topological polar surface area (TPSA) is 98.2 Å². The van der Waals surface area contributed by atoms with Crippen LogP contribution in [0, 0.1) is 6.92 Å². The fraction of sp³-hybridized carbons (Fsp3) is 0.0714.